The zero-order chi connectivity index (χ0) is 36.4. The maximum atomic E-state index is 13.2. The Kier molecular flexibility index (Phi) is 10.8. The van der Waals surface area contributed by atoms with Crippen LogP contribution in [0.15, 0.2) is 66.7 Å². The number of fused-ring (bicyclic) bond motifs is 1. The predicted molar refractivity (Wildman–Crippen MR) is 173 cm³/mol. The van der Waals surface area contributed by atoms with Gasteiger partial charge in [0, 0.05) is 37.7 Å². The molecular formula is C37H40F6N2O5. The summed E-state index contributed by atoms with van der Waals surface area (Å²) in [6.07, 6.45) is -10.6. The summed E-state index contributed by atoms with van der Waals surface area (Å²) in [4.78, 5) is 26.9. The van der Waals surface area contributed by atoms with Gasteiger partial charge in [-0.3, -0.25) is 4.79 Å². The van der Waals surface area contributed by atoms with Crippen LogP contribution in [0.3, 0.4) is 0 Å². The number of hydrogen-bond donors (Lipinski definition) is 1. The quantitative estimate of drug-likeness (QED) is 0.121. The molecule has 5 rings (SSSR count). The first-order chi connectivity index (χ1) is 23.4. The maximum Gasteiger partial charge on any atom is 0.416 e. The van der Waals surface area contributed by atoms with Gasteiger partial charge in [0.1, 0.15) is 18.1 Å². The molecule has 1 aliphatic heterocycles. The van der Waals surface area contributed by atoms with Crippen molar-refractivity contribution in [3.8, 4) is 11.5 Å². The van der Waals surface area contributed by atoms with E-state index in [-0.39, 0.29) is 49.1 Å². The predicted octanol–water partition coefficient (Wildman–Crippen LogP) is 7.31. The third kappa shape index (κ3) is 9.09. The molecule has 50 heavy (non-hydrogen) atoms. The van der Waals surface area contributed by atoms with E-state index in [1.165, 1.54) is 4.90 Å². The average Bonchev–Trinajstić information content (AvgIpc) is 3.48. The summed E-state index contributed by atoms with van der Waals surface area (Å²) in [5, 5.41) is 3.35. The number of piperidine rings is 1. The molecule has 1 aliphatic carbocycles. The molecule has 1 N–H and O–H groups in total. The van der Waals surface area contributed by atoms with Crippen LogP contribution in [-0.4, -0.2) is 61.8 Å². The van der Waals surface area contributed by atoms with Crippen LogP contribution in [0.2, 0.25) is 0 Å². The topological polar surface area (TPSA) is 77.1 Å². The third-order valence-electron chi connectivity index (χ3n) is 8.96. The van der Waals surface area contributed by atoms with E-state index in [4.69, 9.17) is 14.2 Å². The van der Waals surface area contributed by atoms with Crippen LogP contribution >= 0.6 is 0 Å². The van der Waals surface area contributed by atoms with Crippen LogP contribution in [0.4, 0.5) is 26.3 Å². The van der Waals surface area contributed by atoms with Crippen LogP contribution in [0, 0.1) is 11.8 Å². The highest BCUT2D eigenvalue weighted by molar-refractivity contribution is 5.95. The Morgan fingerprint density at radius 2 is 1.38 bits per heavy atom. The van der Waals surface area contributed by atoms with Crippen molar-refractivity contribution in [2.45, 2.75) is 64.0 Å². The van der Waals surface area contributed by atoms with E-state index < -0.39 is 47.0 Å². The number of nitrogens with one attached hydrogen (secondary N) is 1. The molecule has 1 saturated heterocycles. The summed E-state index contributed by atoms with van der Waals surface area (Å²) in [6, 6.07) is 16.0. The van der Waals surface area contributed by atoms with Gasteiger partial charge in [-0.2, -0.15) is 26.3 Å². The Bertz CT molecular complexity index is 1610. The molecule has 270 valence electrons. The van der Waals surface area contributed by atoms with Gasteiger partial charge in [-0.25, -0.2) is 4.79 Å². The minimum Gasteiger partial charge on any atom is -0.492 e. The molecule has 1 amide bonds. The number of esters is 1. The Balaban J connectivity index is 1.07. The SMILES string of the molecule is CCOC(=O)[C@H](Cc1ccc(OCCNC2C3CN(C(=O)c4cc(C(F)(F)F)cc(C(F)(F)F)c4)C[C@@H]32)cc1)Oc1ccc(C(C)(C)C)cc1. The van der Waals surface area contributed by atoms with Gasteiger partial charge in [-0.1, -0.05) is 45.0 Å². The molecule has 1 saturated carbocycles. The van der Waals surface area contributed by atoms with E-state index in [9.17, 15) is 35.9 Å². The first-order valence-corrected chi connectivity index (χ1v) is 16.4. The van der Waals surface area contributed by atoms with Crippen molar-refractivity contribution in [1.29, 1.82) is 0 Å². The number of carbonyl (C=O) groups excluding carboxylic acids is 2. The van der Waals surface area contributed by atoms with E-state index in [1.54, 1.807) is 19.1 Å². The van der Waals surface area contributed by atoms with Crippen LogP contribution in [0.25, 0.3) is 0 Å². The van der Waals surface area contributed by atoms with Gasteiger partial charge in [0.2, 0.25) is 0 Å². The molecule has 3 aromatic carbocycles. The minimum absolute atomic E-state index is 0.0140. The van der Waals surface area contributed by atoms with Crippen LogP contribution < -0.4 is 14.8 Å². The lowest BCUT2D eigenvalue weighted by molar-refractivity contribution is -0.151. The monoisotopic (exact) mass is 706 g/mol. The van der Waals surface area contributed by atoms with Gasteiger partial charge in [0.05, 0.1) is 17.7 Å². The third-order valence-corrected chi connectivity index (χ3v) is 8.96. The maximum absolute atomic E-state index is 13.2. The van der Waals surface area contributed by atoms with Crippen molar-refractivity contribution < 1.29 is 50.1 Å². The molecule has 7 nitrogen and oxygen atoms in total. The van der Waals surface area contributed by atoms with E-state index in [2.05, 4.69) is 26.1 Å². The molecule has 2 aliphatic rings. The van der Waals surface area contributed by atoms with Gasteiger partial charge in [0.25, 0.3) is 5.91 Å². The fourth-order valence-electron chi connectivity index (χ4n) is 6.19. The molecule has 2 fully saturated rings. The number of nitrogens with zero attached hydrogens (tertiary/aromatic N) is 1. The normalized spacial score (nSPS) is 19.5. The number of likely N-dealkylation sites (tertiary alicyclic amines) is 1. The van der Waals surface area contributed by atoms with E-state index in [0.29, 0.717) is 43.2 Å². The average molecular weight is 707 g/mol. The number of hydrogen-bond acceptors (Lipinski definition) is 6. The molecule has 0 aromatic heterocycles. The summed E-state index contributed by atoms with van der Waals surface area (Å²) >= 11 is 0. The van der Waals surface area contributed by atoms with Crippen LogP contribution in [-0.2, 0) is 33.7 Å². The van der Waals surface area contributed by atoms with Crippen molar-refractivity contribution in [3.63, 3.8) is 0 Å². The van der Waals surface area contributed by atoms with E-state index in [1.807, 2.05) is 36.4 Å². The second-order valence-corrected chi connectivity index (χ2v) is 13.6. The molecule has 0 spiro atoms. The molecule has 3 aromatic rings. The highest BCUT2D eigenvalue weighted by Gasteiger charge is 2.56. The molecule has 13 heteroatoms. The molecule has 4 atom stereocenters. The number of ether oxygens (including phenoxy) is 3. The number of benzene rings is 3. The van der Waals surface area contributed by atoms with Crippen molar-refractivity contribution in [1.82, 2.24) is 10.2 Å². The van der Waals surface area contributed by atoms with Crippen molar-refractivity contribution >= 4 is 11.9 Å². The molecular weight excluding hydrogens is 666 g/mol. The fourth-order valence-corrected chi connectivity index (χ4v) is 6.19. The lowest BCUT2D eigenvalue weighted by atomic mass is 9.87. The lowest BCUT2D eigenvalue weighted by Gasteiger charge is -2.22. The molecule has 2 unspecified atom stereocenters. The van der Waals surface area contributed by atoms with E-state index in [0.717, 1.165) is 11.1 Å². The van der Waals surface area contributed by atoms with Gasteiger partial charge in [0.15, 0.2) is 6.10 Å². The number of carbonyl (C=O) groups is 2. The largest absolute Gasteiger partial charge is 0.492 e. The summed E-state index contributed by atoms with van der Waals surface area (Å²) < 4.78 is 96.5. The fraction of sp³-hybridized carbons (Fsp3) is 0.459. The van der Waals surface area contributed by atoms with Gasteiger partial charge >= 0.3 is 18.3 Å². The lowest BCUT2D eigenvalue weighted by Crippen LogP contribution is -2.36. The minimum atomic E-state index is -5.02. The van der Waals surface area contributed by atoms with E-state index >= 15 is 0 Å². The Morgan fingerprint density at radius 3 is 1.90 bits per heavy atom. The Labute approximate surface area is 286 Å². The molecule has 1 heterocycles. The number of amides is 1. The first kappa shape index (κ1) is 37.0. The number of rotatable bonds is 12. The Morgan fingerprint density at radius 1 is 0.820 bits per heavy atom. The smallest absolute Gasteiger partial charge is 0.416 e. The molecule has 0 radical (unpaired) electrons. The Hall–Kier alpha value is -4.26. The van der Waals surface area contributed by atoms with Crippen molar-refractivity contribution in [2.24, 2.45) is 11.8 Å². The highest BCUT2D eigenvalue weighted by atomic mass is 19.4. The summed E-state index contributed by atoms with van der Waals surface area (Å²) in [6.45, 7) is 9.61. The van der Waals surface area contributed by atoms with Gasteiger partial charge in [-0.15, -0.1) is 0 Å². The number of halogens is 6. The first-order valence-electron chi connectivity index (χ1n) is 16.4. The zero-order valence-corrected chi connectivity index (χ0v) is 28.2. The second kappa shape index (κ2) is 14.5. The molecule has 0 bridgehead atoms. The van der Waals surface area contributed by atoms with Crippen LogP contribution in [0.1, 0.15) is 60.3 Å². The summed E-state index contributed by atoms with van der Waals surface area (Å²) in [7, 11) is 0. The van der Waals surface area contributed by atoms with Gasteiger partial charge < -0.3 is 24.4 Å². The number of alkyl halides is 6. The van der Waals surface area contributed by atoms with Crippen LogP contribution in [0.5, 0.6) is 11.5 Å². The van der Waals surface area contributed by atoms with Crippen molar-refractivity contribution in [3.05, 3.63) is 94.5 Å². The summed E-state index contributed by atoms with van der Waals surface area (Å²) in [5.41, 5.74) is -1.67. The second-order valence-electron chi connectivity index (χ2n) is 13.6. The summed E-state index contributed by atoms with van der Waals surface area (Å²) in [5.74, 6) is -0.0160. The van der Waals surface area contributed by atoms with Crippen molar-refractivity contribution in [2.75, 3.05) is 32.8 Å². The van der Waals surface area contributed by atoms with Gasteiger partial charge in [-0.05, 0) is 77.8 Å². The zero-order valence-electron chi connectivity index (χ0n) is 28.2. The highest BCUT2D eigenvalue weighted by Crippen LogP contribution is 2.46. The standard InChI is InChI=1S/C37H40F6N2O5/c1-5-48-34(47)31(50-28-12-8-24(9-13-28)35(2,3)4)16-22-6-10-27(11-7-22)49-15-14-44-32-29-20-45(21-30(29)32)33(46)23-17-25(36(38,39)40)19-26(18-23)37(41,42)43/h6-13,17-19,29-32,44H,5,14-16,20-21H2,1-4H3/t29-,30?,31-,32?/m0/s1.